The molecule has 2 atom stereocenters. The lowest BCUT2D eigenvalue weighted by atomic mass is 10.0. The smallest absolute Gasteiger partial charge is 0.507 e. The molecule has 2 aromatic rings. The number of hydrogen-bond acceptors (Lipinski definition) is 11. The van der Waals surface area contributed by atoms with Crippen molar-refractivity contribution in [3.05, 3.63) is 47.5 Å². The fraction of sp³-hybridized carbons (Fsp3) is 0.480. The molecule has 2 rings (SSSR count). The lowest BCUT2D eigenvalue weighted by molar-refractivity contribution is 0.0663. The van der Waals surface area contributed by atoms with Gasteiger partial charge in [0, 0.05) is 54.8 Å². The predicted octanol–water partition coefficient (Wildman–Crippen LogP) is 3.48. The summed E-state index contributed by atoms with van der Waals surface area (Å²) < 4.78 is 45.0. The van der Waals surface area contributed by atoms with E-state index in [0.29, 0.717) is 24.3 Å². The van der Waals surface area contributed by atoms with Crippen LogP contribution in [0.15, 0.2) is 36.4 Å². The Morgan fingerprint density at radius 1 is 0.658 bits per heavy atom. The lowest BCUT2D eigenvalue weighted by Crippen LogP contribution is -2.56. The Balaban J connectivity index is 2.27. The third kappa shape index (κ3) is 6.55. The second-order valence-corrected chi connectivity index (χ2v) is 14.3. The first-order chi connectivity index (χ1) is 18.1. The topological polar surface area (TPSA) is 131 Å². The van der Waals surface area contributed by atoms with Crippen LogP contribution in [0.5, 0.6) is 23.0 Å². The first kappa shape index (κ1) is 31.7. The van der Waals surface area contributed by atoms with Crippen molar-refractivity contribution in [2.24, 2.45) is 0 Å². The van der Waals surface area contributed by atoms with Crippen LogP contribution < -0.4 is 9.47 Å². The van der Waals surface area contributed by atoms with Crippen molar-refractivity contribution in [1.29, 1.82) is 0 Å². The van der Waals surface area contributed by atoms with E-state index in [-0.39, 0.29) is 22.6 Å². The summed E-state index contributed by atoms with van der Waals surface area (Å²) in [4.78, 5) is 13.2. The highest BCUT2D eigenvalue weighted by molar-refractivity contribution is 6.62. The molecule has 13 heteroatoms. The van der Waals surface area contributed by atoms with Crippen LogP contribution >= 0.6 is 0 Å². The summed E-state index contributed by atoms with van der Waals surface area (Å²) in [6, 6.07) is 8.56. The van der Waals surface area contributed by atoms with E-state index < -0.39 is 34.8 Å². The zero-order chi connectivity index (χ0) is 28.5. The number of phenolic OH excluding ortho intramolecular Hbond substituents is 2. The molecular formula is C25H38O11Si2. The van der Waals surface area contributed by atoms with Gasteiger partial charge >= 0.3 is 17.6 Å². The molecule has 0 aliphatic heterocycles. The fourth-order valence-electron chi connectivity index (χ4n) is 4.13. The normalized spacial score (nSPS) is 13.7. The number of phenols is 2. The van der Waals surface area contributed by atoms with E-state index in [4.69, 9.17) is 36.0 Å². The molecule has 0 saturated heterocycles. The van der Waals surface area contributed by atoms with Crippen molar-refractivity contribution in [3.8, 4) is 23.0 Å². The maximum atomic E-state index is 13.2. The maximum absolute atomic E-state index is 13.2. The van der Waals surface area contributed by atoms with Gasteiger partial charge in [-0.05, 0) is 37.1 Å². The minimum atomic E-state index is -3.12. The molecule has 38 heavy (non-hydrogen) atoms. The molecule has 0 fully saturated rings. The molecule has 0 bridgehead atoms. The molecule has 2 unspecified atom stereocenters. The number of carbonyl (C=O) groups is 1. The van der Waals surface area contributed by atoms with Crippen LogP contribution in [0.25, 0.3) is 0 Å². The molecule has 0 saturated carbocycles. The Bertz CT molecular complexity index is 960. The summed E-state index contributed by atoms with van der Waals surface area (Å²) >= 11 is 0. The molecule has 0 heterocycles. The van der Waals surface area contributed by atoms with E-state index in [1.54, 1.807) is 12.1 Å². The van der Waals surface area contributed by atoms with Gasteiger partial charge in [-0.1, -0.05) is 13.8 Å². The third-order valence-corrected chi connectivity index (χ3v) is 12.3. The van der Waals surface area contributed by atoms with Gasteiger partial charge in [0.05, 0.1) is 11.1 Å². The Kier molecular flexibility index (Phi) is 11.7. The molecule has 0 aliphatic carbocycles. The third-order valence-electron chi connectivity index (χ3n) is 6.22. The molecule has 0 spiro atoms. The fourth-order valence-corrected chi connectivity index (χ4v) is 8.27. The zero-order valence-corrected chi connectivity index (χ0v) is 25.1. The van der Waals surface area contributed by atoms with Crippen molar-refractivity contribution >= 4 is 23.4 Å². The van der Waals surface area contributed by atoms with E-state index >= 15 is 0 Å². The number of ether oxygens (including phenoxy) is 2. The Labute approximate surface area is 225 Å². The van der Waals surface area contributed by atoms with Crippen molar-refractivity contribution in [3.63, 3.8) is 0 Å². The van der Waals surface area contributed by atoms with Gasteiger partial charge in [-0.3, -0.25) is 4.79 Å². The van der Waals surface area contributed by atoms with Gasteiger partial charge in [0.15, 0.2) is 17.2 Å². The zero-order valence-electron chi connectivity index (χ0n) is 23.1. The average molecular weight is 571 g/mol. The van der Waals surface area contributed by atoms with Crippen LogP contribution in [0.3, 0.4) is 0 Å². The number of carbonyl (C=O) groups excluding carboxylic acids is 1. The predicted molar refractivity (Wildman–Crippen MR) is 143 cm³/mol. The van der Waals surface area contributed by atoms with Crippen LogP contribution in [0.2, 0.25) is 0 Å². The quantitative estimate of drug-likeness (QED) is 0.227. The summed E-state index contributed by atoms with van der Waals surface area (Å²) in [6.45, 7) is 3.78. The Morgan fingerprint density at radius 2 is 0.974 bits per heavy atom. The first-order valence-corrected chi connectivity index (χ1v) is 15.6. The molecular weight excluding hydrogens is 532 g/mol. The minimum Gasteiger partial charge on any atom is -0.507 e. The van der Waals surface area contributed by atoms with Gasteiger partial charge in [0.25, 0.3) is 0 Å². The second-order valence-electron chi connectivity index (χ2n) is 8.15. The van der Waals surface area contributed by atoms with Gasteiger partial charge < -0.3 is 46.2 Å². The van der Waals surface area contributed by atoms with Crippen molar-refractivity contribution in [2.75, 3.05) is 42.7 Å². The Morgan fingerprint density at radius 3 is 1.21 bits per heavy atom. The highest BCUT2D eigenvalue weighted by atomic mass is 28.4. The van der Waals surface area contributed by atoms with Gasteiger partial charge in [0.2, 0.25) is 0 Å². The van der Waals surface area contributed by atoms with E-state index in [2.05, 4.69) is 0 Å². The van der Waals surface area contributed by atoms with Crippen molar-refractivity contribution in [1.82, 2.24) is 0 Å². The highest BCUT2D eigenvalue weighted by Gasteiger charge is 2.49. The van der Waals surface area contributed by atoms with Gasteiger partial charge in [0.1, 0.15) is 23.0 Å². The molecule has 0 aromatic heterocycles. The van der Waals surface area contributed by atoms with E-state index in [1.807, 2.05) is 13.8 Å². The van der Waals surface area contributed by atoms with Gasteiger partial charge in [-0.25, -0.2) is 0 Å². The number of ketones is 1. The summed E-state index contributed by atoms with van der Waals surface area (Å²) in [5.74, 6) is -0.613. The standard InChI is InChI=1S/C25H38O11Si2/c1-9-23(37(29-3,30-4)31-5)35-17-11-13-19(21(26)15-17)25(28)20-14-12-18(16-22(20)27)36-24(10-2)38(32-6,33-7)34-8/h11-16,23-24,26-27H,9-10H2,1-8H3. The molecule has 212 valence electrons. The van der Waals surface area contributed by atoms with Crippen LogP contribution in [-0.4, -0.2) is 87.7 Å². The van der Waals surface area contributed by atoms with E-state index in [0.717, 1.165) is 0 Å². The number of aromatic hydroxyl groups is 2. The van der Waals surface area contributed by atoms with Crippen LogP contribution in [-0.2, 0) is 26.6 Å². The van der Waals surface area contributed by atoms with Crippen LogP contribution in [0, 0.1) is 0 Å². The highest BCUT2D eigenvalue weighted by Crippen LogP contribution is 2.33. The Hall–Kier alpha value is -2.50. The molecule has 2 N–H and O–H groups in total. The number of benzene rings is 2. The monoisotopic (exact) mass is 570 g/mol. The molecule has 0 amide bonds. The summed E-state index contributed by atoms with van der Waals surface area (Å²) in [5, 5.41) is 21.2. The lowest BCUT2D eigenvalue weighted by Gasteiger charge is -2.32. The van der Waals surface area contributed by atoms with Crippen LogP contribution in [0.1, 0.15) is 42.6 Å². The molecule has 2 aromatic carbocycles. The molecule has 0 radical (unpaired) electrons. The van der Waals surface area contributed by atoms with Gasteiger partial charge in [-0.2, -0.15) is 0 Å². The SMILES string of the molecule is CCC(Oc1ccc(C(=O)c2ccc(OC(CC)[Si](OC)(OC)OC)cc2O)c(O)c1)[Si](OC)(OC)OC. The van der Waals surface area contributed by atoms with E-state index in [1.165, 1.54) is 66.9 Å². The summed E-state index contributed by atoms with van der Waals surface area (Å²) in [7, 11) is 2.68. The van der Waals surface area contributed by atoms with Gasteiger partial charge in [-0.15, -0.1) is 0 Å². The first-order valence-electron chi connectivity index (χ1n) is 12.0. The van der Waals surface area contributed by atoms with Crippen molar-refractivity contribution in [2.45, 2.75) is 38.1 Å². The molecule has 11 nitrogen and oxygen atoms in total. The second kappa shape index (κ2) is 14.0. The summed E-state index contributed by atoms with van der Waals surface area (Å²) in [5.41, 5.74) is -1.11. The maximum Gasteiger partial charge on any atom is 0.543 e. The summed E-state index contributed by atoms with van der Waals surface area (Å²) in [6.07, 6.45) is 1.04. The van der Waals surface area contributed by atoms with E-state index in [9.17, 15) is 15.0 Å². The van der Waals surface area contributed by atoms with Crippen molar-refractivity contribution < 1.29 is 51.0 Å². The van der Waals surface area contributed by atoms with Crippen LogP contribution in [0.4, 0.5) is 0 Å². The average Bonchev–Trinajstić information content (AvgIpc) is 2.93. The number of rotatable bonds is 16. The minimum absolute atomic E-state index is 0.0147. The largest absolute Gasteiger partial charge is 0.543 e. The number of hydrogen-bond donors (Lipinski definition) is 2. The molecule has 0 aliphatic rings.